The topological polar surface area (TPSA) is 15.3 Å². The summed E-state index contributed by atoms with van der Waals surface area (Å²) in [5, 5.41) is 3.59. The smallest absolute Gasteiger partial charge is 0.0233 e. The van der Waals surface area contributed by atoms with Crippen molar-refractivity contribution in [3.05, 3.63) is 35.4 Å². The molecule has 1 atom stereocenters. The van der Waals surface area contributed by atoms with E-state index < -0.39 is 0 Å². The third-order valence-corrected chi connectivity index (χ3v) is 4.16. The molecule has 1 aromatic rings. The van der Waals surface area contributed by atoms with Gasteiger partial charge >= 0.3 is 0 Å². The molecule has 0 spiro atoms. The Morgan fingerprint density at radius 1 is 1.20 bits per heavy atom. The molecule has 1 N–H and O–H groups in total. The third-order valence-electron chi connectivity index (χ3n) is 4.16. The van der Waals surface area contributed by atoms with Crippen LogP contribution in [0.1, 0.15) is 51.2 Å². The van der Waals surface area contributed by atoms with Crippen LogP contribution in [0.5, 0.6) is 0 Å². The fourth-order valence-electron chi connectivity index (χ4n) is 2.69. The lowest BCUT2D eigenvalue weighted by Gasteiger charge is -2.26. The van der Waals surface area contributed by atoms with Crippen LogP contribution in [0.25, 0.3) is 0 Å². The minimum Gasteiger partial charge on any atom is -0.310 e. The third kappa shape index (κ3) is 5.26. The minimum absolute atomic E-state index is 0.642. The Morgan fingerprint density at radius 2 is 1.90 bits per heavy atom. The van der Waals surface area contributed by atoms with Gasteiger partial charge in [-0.15, -0.1) is 0 Å². The number of benzene rings is 1. The van der Waals surface area contributed by atoms with Crippen molar-refractivity contribution in [3.63, 3.8) is 0 Å². The summed E-state index contributed by atoms with van der Waals surface area (Å²) < 4.78 is 0. The first-order valence-corrected chi connectivity index (χ1v) is 8.06. The molecule has 112 valence electrons. The molecular formula is C18H30N2. The van der Waals surface area contributed by atoms with E-state index in [9.17, 15) is 0 Å². The number of nitrogens with one attached hydrogen (secondary N) is 1. The molecular weight excluding hydrogens is 244 g/mol. The highest BCUT2D eigenvalue weighted by atomic mass is 15.1. The summed E-state index contributed by atoms with van der Waals surface area (Å²) >= 11 is 0. The van der Waals surface area contributed by atoms with E-state index in [2.05, 4.69) is 62.3 Å². The molecule has 1 aromatic carbocycles. The van der Waals surface area contributed by atoms with Crippen molar-refractivity contribution < 1.29 is 0 Å². The maximum absolute atomic E-state index is 3.59. The maximum atomic E-state index is 3.59. The van der Waals surface area contributed by atoms with Gasteiger partial charge in [-0.2, -0.15) is 0 Å². The van der Waals surface area contributed by atoms with E-state index in [1.807, 2.05) is 0 Å². The predicted molar refractivity (Wildman–Crippen MR) is 86.7 cm³/mol. The molecule has 1 aliphatic carbocycles. The molecule has 0 bridgehead atoms. The van der Waals surface area contributed by atoms with E-state index in [4.69, 9.17) is 0 Å². The normalized spacial score (nSPS) is 16.9. The number of rotatable bonds is 8. The van der Waals surface area contributed by atoms with Crippen molar-refractivity contribution in [1.82, 2.24) is 10.2 Å². The lowest BCUT2D eigenvalue weighted by molar-refractivity contribution is 0.220. The number of nitrogens with zero attached hydrogens (tertiary/aromatic N) is 1. The molecule has 2 rings (SSSR count). The van der Waals surface area contributed by atoms with E-state index >= 15 is 0 Å². The van der Waals surface area contributed by atoms with Gasteiger partial charge in [0, 0.05) is 25.2 Å². The van der Waals surface area contributed by atoms with Gasteiger partial charge in [-0.05, 0) is 50.3 Å². The fourth-order valence-corrected chi connectivity index (χ4v) is 2.69. The van der Waals surface area contributed by atoms with Gasteiger partial charge in [-0.3, -0.25) is 4.90 Å². The van der Waals surface area contributed by atoms with Crippen LogP contribution in [-0.2, 0) is 13.1 Å². The van der Waals surface area contributed by atoms with Crippen molar-refractivity contribution >= 4 is 0 Å². The van der Waals surface area contributed by atoms with Gasteiger partial charge in [0.25, 0.3) is 0 Å². The zero-order valence-electron chi connectivity index (χ0n) is 13.5. The summed E-state index contributed by atoms with van der Waals surface area (Å²) in [5.41, 5.74) is 2.84. The molecule has 0 aliphatic heterocycles. The minimum atomic E-state index is 0.642. The van der Waals surface area contributed by atoms with Gasteiger partial charge in [0.05, 0.1) is 0 Å². The zero-order valence-corrected chi connectivity index (χ0v) is 13.5. The fraction of sp³-hybridized carbons (Fsp3) is 0.667. The van der Waals surface area contributed by atoms with Gasteiger partial charge in [-0.25, -0.2) is 0 Å². The zero-order chi connectivity index (χ0) is 14.5. The Morgan fingerprint density at radius 3 is 2.55 bits per heavy atom. The second-order valence-corrected chi connectivity index (χ2v) is 6.87. The maximum Gasteiger partial charge on any atom is 0.0233 e. The molecule has 1 fully saturated rings. The number of hydrogen-bond donors (Lipinski definition) is 1. The summed E-state index contributed by atoms with van der Waals surface area (Å²) in [7, 11) is 2.24. The van der Waals surface area contributed by atoms with Gasteiger partial charge in [0.2, 0.25) is 0 Å². The van der Waals surface area contributed by atoms with Crippen molar-refractivity contribution in [2.75, 3.05) is 7.05 Å². The molecule has 1 aliphatic rings. The molecule has 1 saturated carbocycles. The Bertz CT molecular complexity index is 410. The highest BCUT2D eigenvalue weighted by Crippen LogP contribution is 2.19. The van der Waals surface area contributed by atoms with E-state index in [1.54, 1.807) is 0 Å². The van der Waals surface area contributed by atoms with E-state index in [0.29, 0.717) is 6.04 Å². The Hall–Kier alpha value is -0.860. The molecule has 0 radical (unpaired) electrons. The monoisotopic (exact) mass is 274 g/mol. The Kier molecular flexibility index (Phi) is 5.62. The first kappa shape index (κ1) is 15.5. The molecule has 0 saturated heterocycles. The SMILES string of the molecule is CC(C)CC(C)N(C)Cc1cccc(CNC2CC2)c1. The van der Waals surface area contributed by atoms with Crippen molar-refractivity contribution in [2.24, 2.45) is 5.92 Å². The van der Waals surface area contributed by atoms with Crippen LogP contribution < -0.4 is 5.32 Å². The summed E-state index contributed by atoms with van der Waals surface area (Å²) in [4.78, 5) is 2.47. The van der Waals surface area contributed by atoms with Gasteiger partial charge in [0.15, 0.2) is 0 Å². The average Bonchev–Trinajstić information content (AvgIpc) is 3.20. The Balaban J connectivity index is 1.85. The molecule has 0 aromatic heterocycles. The van der Waals surface area contributed by atoms with Gasteiger partial charge in [0.1, 0.15) is 0 Å². The van der Waals surface area contributed by atoms with Crippen molar-refractivity contribution in [2.45, 2.75) is 65.2 Å². The average molecular weight is 274 g/mol. The van der Waals surface area contributed by atoms with Crippen LogP contribution in [0.15, 0.2) is 24.3 Å². The first-order chi connectivity index (χ1) is 9.54. The van der Waals surface area contributed by atoms with E-state index in [-0.39, 0.29) is 0 Å². The van der Waals surface area contributed by atoms with Crippen LogP contribution in [0.2, 0.25) is 0 Å². The van der Waals surface area contributed by atoms with Gasteiger partial charge in [-0.1, -0.05) is 38.1 Å². The second kappa shape index (κ2) is 7.24. The van der Waals surface area contributed by atoms with Crippen molar-refractivity contribution in [3.8, 4) is 0 Å². The molecule has 2 heteroatoms. The standard InChI is InChI=1S/C18H30N2/c1-14(2)10-15(3)20(4)13-17-7-5-6-16(11-17)12-19-18-8-9-18/h5-7,11,14-15,18-19H,8-10,12-13H2,1-4H3. The molecule has 20 heavy (non-hydrogen) atoms. The largest absolute Gasteiger partial charge is 0.310 e. The summed E-state index contributed by atoms with van der Waals surface area (Å²) in [5.74, 6) is 0.765. The van der Waals surface area contributed by atoms with Gasteiger partial charge < -0.3 is 5.32 Å². The first-order valence-electron chi connectivity index (χ1n) is 8.06. The number of hydrogen-bond acceptors (Lipinski definition) is 2. The highest BCUT2D eigenvalue weighted by molar-refractivity contribution is 5.23. The molecule has 0 heterocycles. The molecule has 0 amide bonds. The predicted octanol–water partition coefficient (Wildman–Crippen LogP) is 3.81. The lowest BCUT2D eigenvalue weighted by Crippen LogP contribution is -2.29. The summed E-state index contributed by atoms with van der Waals surface area (Å²) in [6, 6.07) is 10.5. The van der Waals surface area contributed by atoms with Crippen LogP contribution in [0.4, 0.5) is 0 Å². The lowest BCUT2D eigenvalue weighted by atomic mass is 10.0. The van der Waals surface area contributed by atoms with E-state index in [1.165, 1.54) is 30.4 Å². The van der Waals surface area contributed by atoms with Crippen LogP contribution in [-0.4, -0.2) is 24.0 Å². The van der Waals surface area contributed by atoms with Crippen LogP contribution in [0, 0.1) is 5.92 Å². The van der Waals surface area contributed by atoms with Crippen LogP contribution in [0.3, 0.4) is 0 Å². The summed E-state index contributed by atoms with van der Waals surface area (Å²) in [6.07, 6.45) is 3.98. The van der Waals surface area contributed by atoms with Crippen molar-refractivity contribution in [1.29, 1.82) is 0 Å². The highest BCUT2D eigenvalue weighted by Gasteiger charge is 2.19. The van der Waals surface area contributed by atoms with Crippen LogP contribution >= 0.6 is 0 Å². The quantitative estimate of drug-likeness (QED) is 0.775. The summed E-state index contributed by atoms with van der Waals surface area (Å²) in [6.45, 7) is 9.00. The Labute approximate surface area is 124 Å². The molecule has 1 unspecified atom stereocenters. The molecule has 2 nitrogen and oxygen atoms in total. The van der Waals surface area contributed by atoms with E-state index in [0.717, 1.165) is 25.0 Å². The second-order valence-electron chi connectivity index (χ2n) is 6.87.